The lowest BCUT2D eigenvalue weighted by Gasteiger charge is -2.13. The molecule has 2 N–H and O–H groups in total. The van der Waals surface area contributed by atoms with Crippen molar-refractivity contribution in [3.63, 3.8) is 0 Å². The van der Waals surface area contributed by atoms with Crippen molar-refractivity contribution in [2.45, 2.75) is 40.2 Å². The Morgan fingerprint density at radius 1 is 1.03 bits per heavy atom. The van der Waals surface area contributed by atoms with Gasteiger partial charge in [0.1, 0.15) is 10.7 Å². The SMILES string of the molecule is Cc1ccc(-c2nc3scc(-c4ccc(C)cc4C)c3c(=O)n2CCCC(N)=O)cc1. The summed E-state index contributed by atoms with van der Waals surface area (Å²) in [5.41, 5.74) is 11.5. The smallest absolute Gasteiger partial charge is 0.263 e. The number of nitrogens with two attached hydrogens (primary N) is 1. The first kappa shape index (κ1) is 21.0. The van der Waals surface area contributed by atoms with Crippen LogP contribution in [0.1, 0.15) is 29.5 Å². The molecule has 0 aliphatic heterocycles. The van der Waals surface area contributed by atoms with Gasteiger partial charge in [-0.1, -0.05) is 53.6 Å². The molecule has 0 saturated heterocycles. The fraction of sp³-hybridized carbons (Fsp3) is 0.240. The number of fused-ring (bicyclic) bond motifs is 1. The molecule has 0 bridgehead atoms. The third kappa shape index (κ3) is 4.16. The van der Waals surface area contributed by atoms with Crippen LogP contribution in [0.25, 0.3) is 32.7 Å². The molecule has 31 heavy (non-hydrogen) atoms. The first-order chi connectivity index (χ1) is 14.8. The molecular weight excluding hydrogens is 406 g/mol. The number of hydrogen-bond acceptors (Lipinski definition) is 4. The molecule has 0 atom stereocenters. The molecule has 0 aliphatic rings. The van der Waals surface area contributed by atoms with Crippen molar-refractivity contribution < 1.29 is 4.79 Å². The van der Waals surface area contributed by atoms with Crippen molar-refractivity contribution >= 4 is 27.5 Å². The van der Waals surface area contributed by atoms with Crippen LogP contribution in [0.15, 0.2) is 52.6 Å². The van der Waals surface area contributed by atoms with Crippen LogP contribution >= 0.6 is 11.3 Å². The van der Waals surface area contributed by atoms with Crippen molar-refractivity contribution in [1.29, 1.82) is 0 Å². The lowest BCUT2D eigenvalue weighted by atomic mass is 9.99. The van der Waals surface area contributed by atoms with Crippen molar-refractivity contribution in [2.75, 3.05) is 0 Å². The lowest BCUT2D eigenvalue weighted by molar-refractivity contribution is -0.118. The average Bonchev–Trinajstić information content (AvgIpc) is 3.14. The van der Waals surface area contributed by atoms with Crippen molar-refractivity contribution in [3.05, 3.63) is 74.9 Å². The lowest BCUT2D eigenvalue weighted by Crippen LogP contribution is -2.24. The third-order valence-electron chi connectivity index (χ3n) is 5.48. The molecule has 0 spiro atoms. The third-order valence-corrected chi connectivity index (χ3v) is 6.35. The second kappa shape index (κ2) is 8.47. The highest BCUT2D eigenvalue weighted by atomic mass is 32.1. The molecule has 0 unspecified atom stereocenters. The van der Waals surface area contributed by atoms with E-state index in [4.69, 9.17) is 10.7 Å². The molecule has 0 saturated carbocycles. The summed E-state index contributed by atoms with van der Waals surface area (Å²) >= 11 is 1.49. The van der Waals surface area contributed by atoms with Crippen LogP contribution in [0.4, 0.5) is 0 Å². The molecule has 0 fully saturated rings. The van der Waals surface area contributed by atoms with Crippen molar-refractivity contribution in [2.24, 2.45) is 5.73 Å². The van der Waals surface area contributed by atoms with Gasteiger partial charge in [0.05, 0.1) is 5.39 Å². The van der Waals surface area contributed by atoms with Gasteiger partial charge in [0, 0.05) is 29.5 Å². The molecule has 158 valence electrons. The Labute approximate surface area is 185 Å². The van der Waals surface area contributed by atoms with E-state index in [9.17, 15) is 9.59 Å². The van der Waals surface area contributed by atoms with Gasteiger partial charge < -0.3 is 5.73 Å². The first-order valence-corrected chi connectivity index (χ1v) is 11.2. The van der Waals surface area contributed by atoms with Crippen LogP contribution in [-0.2, 0) is 11.3 Å². The van der Waals surface area contributed by atoms with E-state index < -0.39 is 0 Å². The van der Waals surface area contributed by atoms with Gasteiger partial charge in [-0.05, 0) is 38.3 Å². The number of rotatable bonds is 6. The Kier molecular flexibility index (Phi) is 5.74. The second-order valence-electron chi connectivity index (χ2n) is 7.98. The van der Waals surface area contributed by atoms with Crippen LogP contribution in [0.3, 0.4) is 0 Å². The van der Waals surface area contributed by atoms with Gasteiger partial charge in [0.25, 0.3) is 5.56 Å². The monoisotopic (exact) mass is 431 g/mol. The van der Waals surface area contributed by atoms with Gasteiger partial charge in [-0.3, -0.25) is 14.2 Å². The number of aromatic nitrogens is 2. The van der Waals surface area contributed by atoms with Gasteiger partial charge in [-0.2, -0.15) is 0 Å². The van der Waals surface area contributed by atoms with Crippen LogP contribution < -0.4 is 11.3 Å². The number of carbonyl (C=O) groups is 1. The minimum atomic E-state index is -0.370. The normalized spacial score (nSPS) is 11.2. The summed E-state index contributed by atoms with van der Waals surface area (Å²) in [6, 6.07) is 14.2. The maximum absolute atomic E-state index is 13.7. The van der Waals surface area contributed by atoms with E-state index in [1.165, 1.54) is 16.9 Å². The molecule has 0 radical (unpaired) electrons. The molecule has 2 heterocycles. The van der Waals surface area contributed by atoms with Crippen LogP contribution in [0.2, 0.25) is 0 Å². The molecule has 4 aromatic rings. The Morgan fingerprint density at radius 3 is 2.42 bits per heavy atom. The quantitative estimate of drug-likeness (QED) is 0.467. The van der Waals surface area contributed by atoms with Crippen LogP contribution in [0, 0.1) is 20.8 Å². The van der Waals surface area contributed by atoms with E-state index in [1.54, 1.807) is 4.57 Å². The number of benzene rings is 2. The van der Waals surface area contributed by atoms with Crippen LogP contribution in [0.5, 0.6) is 0 Å². The molecule has 4 rings (SSSR count). The highest BCUT2D eigenvalue weighted by Crippen LogP contribution is 2.34. The summed E-state index contributed by atoms with van der Waals surface area (Å²) in [5, 5.41) is 2.65. The topological polar surface area (TPSA) is 78.0 Å². The summed E-state index contributed by atoms with van der Waals surface area (Å²) in [6.45, 7) is 6.53. The average molecular weight is 432 g/mol. The molecule has 6 heteroatoms. The van der Waals surface area contributed by atoms with Gasteiger partial charge >= 0.3 is 0 Å². The van der Waals surface area contributed by atoms with Gasteiger partial charge in [-0.15, -0.1) is 11.3 Å². The Hall–Kier alpha value is -3.25. The zero-order valence-electron chi connectivity index (χ0n) is 17.9. The number of aryl methyl sites for hydroxylation is 3. The van der Waals surface area contributed by atoms with Gasteiger partial charge in [0.15, 0.2) is 0 Å². The largest absolute Gasteiger partial charge is 0.370 e. The summed E-state index contributed by atoms with van der Waals surface area (Å²) < 4.78 is 1.69. The summed E-state index contributed by atoms with van der Waals surface area (Å²) in [7, 11) is 0. The fourth-order valence-electron chi connectivity index (χ4n) is 3.88. The Bertz CT molecular complexity index is 1330. The minimum absolute atomic E-state index is 0.0822. The first-order valence-electron chi connectivity index (χ1n) is 10.3. The van der Waals surface area contributed by atoms with E-state index in [2.05, 4.69) is 32.0 Å². The Morgan fingerprint density at radius 2 is 1.74 bits per heavy atom. The second-order valence-corrected chi connectivity index (χ2v) is 8.83. The van der Waals surface area contributed by atoms with E-state index in [-0.39, 0.29) is 17.9 Å². The van der Waals surface area contributed by atoms with Crippen LogP contribution in [-0.4, -0.2) is 15.5 Å². The molecule has 2 aromatic heterocycles. The highest BCUT2D eigenvalue weighted by molar-refractivity contribution is 7.17. The van der Waals surface area contributed by atoms with E-state index >= 15 is 0 Å². The molecular formula is C25H25N3O2S. The molecule has 0 aliphatic carbocycles. The molecule has 1 amide bonds. The zero-order chi connectivity index (χ0) is 22.1. The molecule has 2 aromatic carbocycles. The maximum Gasteiger partial charge on any atom is 0.263 e. The van der Waals surface area contributed by atoms with Gasteiger partial charge in [0.2, 0.25) is 5.91 Å². The minimum Gasteiger partial charge on any atom is -0.370 e. The predicted molar refractivity (Wildman–Crippen MR) is 127 cm³/mol. The maximum atomic E-state index is 13.7. The summed E-state index contributed by atoms with van der Waals surface area (Å²) in [5.74, 6) is 0.251. The summed E-state index contributed by atoms with van der Waals surface area (Å²) in [6.07, 6.45) is 0.718. The standard InChI is InChI=1S/C25H25N3O2S/c1-15-6-9-18(10-7-15)23-27-24-22(25(30)28(23)12-4-5-21(26)29)20(14-31-24)19-11-8-16(2)13-17(19)3/h6-11,13-14H,4-5,12H2,1-3H3,(H2,26,29). The summed E-state index contributed by atoms with van der Waals surface area (Å²) in [4.78, 5) is 30.6. The number of hydrogen-bond donors (Lipinski definition) is 1. The Balaban J connectivity index is 1.93. The van der Waals surface area contributed by atoms with E-state index in [1.807, 2.05) is 36.6 Å². The van der Waals surface area contributed by atoms with E-state index in [0.29, 0.717) is 24.2 Å². The zero-order valence-corrected chi connectivity index (χ0v) is 18.8. The number of amides is 1. The van der Waals surface area contributed by atoms with Crippen molar-refractivity contribution in [3.8, 4) is 22.5 Å². The van der Waals surface area contributed by atoms with E-state index in [0.717, 1.165) is 32.6 Å². The predicted octanol–water partition coefficient (Wildman–Crippen LogP) is 4.98. The fourth-order valence-corrected chi connectivity index (χ4v) is 4.81. The molecule has 5 nitrogen and oxygen atoms in total. The van der Waals surface area contributed by atoms with Gasteiger partial charge in [-0.25, -0.2) is 4.98 Å². The number of thiophene rings is 1. The number of carbonyl (C=O) groups excluding carboxylic acids is 1. The van der Waals surface area contributed by atoms with Crippen molar-refractivity contribution in [1.82, 2.24) is 9.55 Å². The number of primary amides is 1. The number of nitrogens with zero attached hydrogens (tertiary/aromatic N) is 2. The highest BCUT2D eigenvalue weighted by Gasteiger charge is 2.19.